The van der Waals surface area contributed by atoms with Gasteiger partial charge in [-0.25, -0.2) is 0 Å². The first kappa shape index (κ1) is 24.9. The lowest BCUT2D eigenvalue weighted by atomic mass is 9.54. The van der Waals surface area contributed by atoms with Gasteiger partial charge in [-0.2, -0.15) is 0 Å². The van der Waals surface area contributed by atoms with E-state index in [9.17, 15) is 4.79 Å². The van der Waals surface area contributed by atoms with Crippen molar-refractivity contribution >= 4 is 24.0 Å². The lowest BCUT2D eigenvalue weighted by Gasteiger charge is -2.57. The highest BCUT2D eigenvalue weighted by Gasteiger charge is 2.62. The largest absolute Gasteiger partial charge is 0.378 e. The van der Waals surface area contributed by atoms with Crippen LogP contribution < -0.4 is 11.1 Å². The lowest BCUT2D eigenvalue weighted by molar-refractivity contribution is -0.166. The third-order valence-electron chi connectivity index (χ3n) is 5.37. The molecule has 3 N–H and O–H groups in total. The van der Waals surface area contributed by atoms with E-state index in [0.29, 0.717) is 32.8 Å². The van der Waals surface area contributed by atoms with Crippen LogP contribution in [0.5, 0.6) is 0 Å². The second-order valence-electron chi connectivity index (χ2n) is 7.97. The molecule has 1 fully saturated rings. The number of ether oxygens (including phenoxy) is 3. The van der Waals surface area contributed by atoms with Gasteiger partial charge in [-0.15, -0.1) is 12.4 Å². The molecule has 6 nitrogen and oxygen atoms in total. The zero-order valence-electron chi connectivity index (χ0n) is 17.6. The first-order chi connectivity index (χ1) is 12.7. The molecule has 0 bridgehead atoms. The smallest absolute Gasteiger partial charge is 0.245 e. The molecule has 160 valence electrons. The standard InChI is InChI=1S/C21H34N2O4.ClH/c1-6-26-18-13-21(22,20(18,4)5)19(24)23-17-9-7-8-16(12-17)14-25-10-11-27-15(2)3;/h7-9,12,15,18H,6,10-11,13-14,22H2,1-5H3,(H,23,24);1H. The number of hydrogen-bond acceptors (Lipinski definition) is 5. The Morgan fingerprint density at radius 1 is 1.32 bits per heavy atom. The van der Waals surface area contributed by atoms with Crippen molar-refractivity contribution in [2.45, 2.75) is 65.4 Å². The molecule has 0 saturated heterocycles. The molecule has 0 spiro atoms. The molecule has 1 amide bonds. The van der Waals surface area contributed by atoms with Crippen LogP contribution in [0.1, 0.15) is 46.6 Å². The van der Waals surface area contributed by atoms with Gasteiger partial charge in [0, 0.05) is 24.1 Å². The molecule has 0 aliphatic heterocycles. The summed E-state index contributed by atoms with van der Waals surface area (Å²) in [6, 6.07) is 7.64. The van der Waals surface area contributed by atoms with Gasteiger partial charge in [0.1, 0.15) is 5.54 Å². The molecule has 1 aliphatic rings. The number of nitrogens with one attached hydrogen (secondary N) is 1. The minimum atomic E-state index is -0.937. The van der Waals surface area contributed by atoms with Crippen LogP contribution >= 0.6 is 12.4 Å². The average Bonchev–Trinajstić information content (AvgIpc) is 2.61. The van der Waals surface area contributed by atoms with Crippen LogP contribution in [-0.2, 0) is 25.6 Å². The number of anilines is 1. The summed E-state index contributed by atoms with van der Waals surface area (Å²) in [4.78, 5) is 12.8. The molecule has 28 heavy (non-hydrogen) atoms. The number of hydrogen-bond donors (Lipinski definition) is 2. The predicted molar refractivity (Wildman–Crippen MR) is 114 cm³/mol. The number of carbonyl (C=O) groups is 1. The Balaban J connectivity index is 0.00000392. The third-order valence-corrected chi connectivity index (χ3v) is 5.37. The fourth-order valence-corrected chi connectivity index (χ4v) is 3.33. The van der Waals surface area contributed by atoms with E-state index in [4.69, 9.17) is 19.9 Å². The minimum Gasteiger partial charge on any atom is -0.378 e. The van der Waals surface area contributed by atoms with Gasteiger partial charge in [0.2, 0.25) is 5.91 Å². The topological polar surface area (TPSA) is 82.8 Å². The Labute approximate surface area is 174 Å². The van der Waals surface area contributed by atoms with Crippen molar-refractivity contribution in [3.63, 3.8) is 0 Å². The van der Waals surface area contributed by atoms with Gasteiger partial charge >= 0.3 is 0 Å². The van der Waals surface area contributed by atoms with Crippen LogP contribution in [0.15, 0.2) is 24.3 Å². The summed E-state index contributed by atoms with van der Waals surface area (Å²) in [5.74, 6) is -0.174. The molecule has 1 aromatic carbocycles. The molecule has 0 aromatic heterocycles. The normalized spacial score (nSPS) is 23.0. The van der Waals surface area contributed by atoms with Crippen molar-refractivity contribution in [3.05, 3.63) is 29.8 Å². The van der Waals surface area contributed by atoms with E-state index >= 15 is 0 Å². The van der Waals surface area contributed by atoms with Gasteiger partial charge in [-0.3, -0.25) is 4.79 Å². The SMILES string of the molecule is CCOC1CC(N)(C(=O)Nc2cccc(COCCOC(C)C)c2)C1(C)C.Cl. The molecule has 2 atom stereocenters. The lowest BCUT2D eigenvalue weighted by Crippen LogP contribution is -2.74. The molecule has 7 heteroatoms. The van der Waals surface area contributed by atoms with Crippen molar-refractivity contribution in [1.29, 1.82) is 0 Å². The van der Waals surface area contributed by atoms with Gasteiger partial charge in [0.15, 0.2) is 0 Å². The maximum absolute atomic E-state index is 12.8. The van der Waals surface area contributed by atoms with Gasteiger partial charge in [0.05, 0.1) is 32.0 Å². The number of nitrogens with two attached hydrogens (primary N) is 1. The number of carbonyl (C=O) groups excluding carboxylic acids is 1. The predicted octanol–water partition coefficient (Wildman–Crippen LogP) is 3.52. The second kappa shape index (κ2) is 10.6. The summed E-state index contributed by atoms with van der Waals surface area (Å²) in [7, 11) is 0. The van der Waals surface area contributed by atoms with E-state index in [-0.39, 0.29) is 30.5 Å². The number of halogens is 1. The van der Waals surface area contributed by atoms with Crippen molar-refractivity contribution in [3.8, 4) is 0 Å². The summed E-state index contributed by atoms with van der Waals surface area (Å²) in [6.07, 6.45) is 0.734. The Hall–Kier alpha value is -1.18. The maximum Gasteiger partial charge on any atom is 0.245 e. The molecule has 0 radical (unpaired) electrons. The van der Waals surface area contributed by atoms with Crippen molar-refractivity contribution in [2.75, 3.05) is 25.1 Å². The molecule has 1 aromatic rings. The third kappa shape index (κ3) is 5.67. The highest BCUT2D eigenvalue weighted by Crippen LogP contribution is 2.50. The quantitative estimate of drug-likeness (QED) is 0.572. The van der Waals surface area contributed by atoms with Crippen LogP contribution in [0.2, 0.25) is 0 Å². The van der Waals surface area contributed by atoms with E-state index in [2.05, 4.69) is 5.32 Å². The van der Waals surface area contributed by atoms with E-state index in [1.54, 1.807) is 0 Å². The summed E-state index contributed by atoms with van der Waals surface area (Å²) in [5, 5.41) is 2.96. The number of amides is 1. The van der Waals surface area contributed by atoms with Crippen LogP contribution in [-0.4, -0.2) is 43.5 Å². The van der Waals surface area contributed by atoms with E-state index < -0.39 is 11.0 Å². The van der Waals surface area contributed by atoms with Gasteiger partial charge < -0.3 is 25.3 Å². The highest BCUT2D eigenvalue weighted by molar-refractivity contribution is 5.99. The summed E-state index contributed by atoms with van der Waals surface area (Å²) in [6.45, 7) is 12.1. The first-order valence-electron chi connectivity index (χ1n) is 9.71. The van der Waals surface area contributed by atoms with E-state index in [0.717, 1.165) is 11.3 Å². The van der Waals surface area contributed by atoms with Crippen LogP contribution in [0.3, 0.4) is 0 Å². The van der Waals surface area contributed by atoms with Crippen LogP contribution in [0, 0.1) is 5.41 Å². The molecule has 0 heterocycles. The van der Waals surface area contributed by atoms with Crippen LogP contribution in [0.25, 0.3) is 0 Å². The van der Waals surface area contributed by atoms with E-state index in [1.165, 1.54) is 0 Å². The maximum atomic E-state index is 12.8. The molecular formula is C21H35ClN2O4. The fraction of sp³-hybridized carbons (Fsp3) is 0.667. The van der Waals surface area contributed by atoms with Gasteiger partial charge in [-0.1, -0.05) is 26.0 Å². The van der Waals surface area contributed by atoms with Crippen molar-refractivity contribution < 1.29 is 19.0 Å². The summed E-state index contributed by atoms with van der Waals surface area (Å²) in [5.41, 5.74) is 6.80. The average molecular weight is 415 g/mol. The highest BCUT2D eigenvalue weighted by atomic mass is 35.5. The fourth-order valence-electron chi connectivity index (χ4n) is 3.33. The Morgan fingerprint density at radius 2 is 2.04 bits per heavy atom. The van der Waals surface area contributed by atoms with Gasteiger partial charge in [0.25, 0.3) is 0 Å². The van der Waals surface area contributed by atoms with Gasteiger partial charge in [-0.05, 0) is 38.5 Å². The Kier molecular flexibility index (Phi) is 9.37. The van der Waals surface area contributed by atoms with Crippen molar-refractivity contribution in [1.82, 2.24) is 0 Å². The number of benzene rings is 1. The van der Waals surface area contributed by atoms with Crippen molar-refractivity contribution in [2.24, 2.45) is 11.1 Å². The Morgan fingerprint density at radius 3 is 2.64 bits per heavy atom. The molecule has 1 aliphatic carbocycles. The van der Waals surface area contributed by atoms with E-state index in [1.807, 2.05) is 58.9 Å². The minimum absolute atomic E-state index is 0. The molecular weight excluding hydrogens is 380 g/mol. The molecule has 2 unspecified atom stereocenters. The van der Waals surface area contributed by atoms with Crippen LogP contribution in [0.4, 0.5) is 5.69 Å². The Bertz CT molecular complexity index is 639. The summed E-state index contributed by atoms with van der Waals surface area (Å²) < 4.78 is 16.8. The molecule has 1 saturated carbocycles. The second-order valence-corrected chi connectivity index (χ2v) is 7.97. The number of rotatable bonds is 10. The zero-order valence-corrected chi connectivity index (χ0v) is 18.4. The summed E-state index contributed by atoms with van der Waals surface area (Å²) >= 11 is 0. The molecule has 2 rings (SSSR count). The monoisotopic (exact) mass is 414 g/mol. The zero-order chi connectivity index (χ0) is 20.1. The first-order valence-corrected chi connectivity index (χ1v) is 9.71.